The zero-order valence-corrected chi connectivity index (χ0v) is 37.5. The first-order valence-electron chi connectivity index (χ1n) is 22.7. The van der Waals surface area contributed by atoms with E-state index >= 15 is 0 Å². The van der Waals surface area contributed by atoms with Crippen LogP contribution in [0.1, 0.15) is 122 Å². The van der Waals surface area contributed by atoms with Crippen LogP contribution in [0.4, 0.5) is 26.5 Å². The summed E-state index contributed by atoms with van der Waals surface area (Å²) < 4.78 is 16.7. The number of fused-ring (bicyclic) bond motifs is 2. The highest BCUT2D eigenvalue weighted by molar-refractivity contribution is 6.26. The van der Waals surface area contributed by atoms with E-state index < -0.39 is 41.5 Å². The zero-order valence-electron chi connectivity index (χ0n) is 37.5. The number of aromatic nitrogens is 6. The highest BCUT2D eigenvalue weighted by Crippen LogP contribution is 2.34. The molecule has 2 aliphatic rings. The number of hydrogen-bond donors (Lipinski definition) is 5. The fourth-order valence-electron chi connectivity index (χ4n) is 8.15. The fraction of sp³-hybridized carbons (Fsp3) is 0.426. The maximum absolute atomic E-state index is 14.9. The molecule has 18 nitrogen and oxygen atoms in total. The molecule has 3 aromatic heterocycles. The number of hydrogen-bond acceptors (Lipinski definition) is 12. The topological polar surface area (TPSA) is 235 Å². The van der Waals surface area contributed by atoms with Crippen LogP contribution >= 0.6 is 0 Å². The van der Waals surface area contributed by atoms with Crippen molar-refractivity contribution in [3.8, 4) is 11.1 Å². The van der Waals surface area contributed by atoms with E-state index in [1.165, 1.54) is 12.1 Å². The summed E-state index contributed by atoms with van der Waals surface area (Å²) in [6.45, 7) is 7.63. The number of benzene rings is 2. The van der Waals surface area contributed by atoms with Crippen LogP contribution in [-0.4, -0.2) is 89.5 Å². The number of unbranched alkanes of at least 4 members (excludes halogenated alkanes) is 6. The lowest BCUT2D eigenvalue weighted by Crippen LogP contribution is -2.54. The summed E-state index contributed by atoms with van der Waals surface area (Å²) in [7, 11) is 0. The molecule has 0 spiro atoms. The Morgan fingerprint density at radius 2 is 1.68 bits per heavy atom. The summed E-state index contributed by atoms with van der Waals surface area (Å²) in [6, 6.07) is 8.06. The Balaban J connectivity index is 0.809. The number of amides is 7. The lowest BCUT2D eigenvalue weighted by molar-refractivity contribution is -0.136. The second kappa shape index (κ2) is 21.7. The molecule has 0 saturated carbocycles. The molecular weight excluding hydrogens is 848 g/mol. The first-order valence-corrected chi connectivity index (χ1v) is 22.7. The maximum atomic E-state index is 14.9. The molecule has 0 aliphatic carbocycles. The van der Waals surface area contributed by atoms with Gasteiger partial charge in [-0.1, -0.05) is 43.9 Å². The van der Waals surface area contributed by atoms with Gasteiger partial charge >= 0.3 is 6.03 Å². The average molecular weight is 903 g/mol. The second-order valence-corrected chi connectivity index (χ2v) is 16.7. The van der Waals surface area contributed by atoms with Crippen LogP contribution in [0.2, 0.25) is 0 Å². The van der Waals surface area contributed by atoms with Crippen molar-refractivity contribution >= 4 is 63.9 Å². The Labute approximate surface area is 381 Å². The zero-order chi connectivity index (χ0) is 46.7. The summed E-state index contributed by atoms with van der Waals surface area (Å²) in [4.78, 5) is 90.5. The molecule has 1 saturated heterocycles. The fourth-order valence-corrected chi connectivity index (χ4v) is 8.15. The Hall–Kier alpha value is -7.18. The van der Waals surface area contributed by atoms with Crippen LogP contribution in [0.3, 0.4) is 0 Å². The van der Waals surface area contributed by atoms with E-state index in [2.05, 4.69) is 53.8 Å². The van der Waals surface area contributed by atoms with Gasteiger partial charge in [-0.25, -0.2) is 19.2 Å². The highest BCUT2D eigenvalue weighted by Gasteiger charge is 2.45. The molecular formula is C47H55FN12O6. The van der Waals surface area contributed by atoms with Crippen molar-refractivity contribution in [1.82, 2.24) is 45.5 Å². The van der Waals surface area contributed by atoms with Crippen molar-refractivity contribution in [3.05, 3.63) is 82.7 Å². The average Bonchev–Trinajstić information content (AvgIpc) is 3.84. The molecule has 5 N–H and O–H groups in total. The molecule has 7 amide bonds. The van der Waals surface area contributed by atoms with Gasteiger partial charge in [-0.3, -0.25) is 38.9 Å². The first-order chi connectivity index (χ1) is 31.9. The largest absolute Gasteiger partial charge is 0.354 e. The van der Waals surface area contributed by atoms with Crippen molar-refractivity contribution in [3.63, 3.8) is 0 Å². The summed E-state index contributed by atoms with van der Waals surface area (Å²) >= 11 is 0. The van der Waals surface area contributed by atoms with Crippen LogP contribution in [0.15, 0.2) is 48.8 Å². The minimum atomic E-state index is -1.09. The monoisotopic (exact) mass is 902 g/mol. The van der Waals surface area contributed by atoms with Gasteiger partial charge in [-0.2, -0.15) is 4.98 Å². The first kappa shape index (κ1) is 46.8. The van der Waals surface area contributed by atoms with Gasteiger partial charge in [0.2, 0.25) is 23.7 Å². The summed E-state index contributed by atoms with van der Waals surface area (Å²) in [5, 5.41) is 23.0. The maximum Gasteiger partial charge on any atom is 0.319 e. The van der Waals surface area contributed by atoms with Gasteiger partial charge < -0.3 is 21.3 Å². The highest BCUT2D eigenvalue weighted by atomic mass is 19.1. The number of imide groups is 2. The number of pyridine rings is 1. The van der Waals surface area contributed by atoms with Crippen LogP contribution in [0, 0.1) is 19.7 Å². The molecule has 66 heavy (non-hydrogen) atoms. The lowest BCUT2D eigenvalue weighted by Gasteiger charge is -2.27. The molecule has 2 aliphatic heterocycles. The predicted molar refractivity (Wildman–Crippen MR) is 245 cm³/mol. The number of aryl methyl sites for hydroxylation is 4. The van der Waals surface area contributed by atoms with Crippen molar-refractivity contribution in [2.45, 2.75) is 117 Å². The number of nitrogens with zero attached hydrogens (tertiary/aromatic N) is 7. The van der Waals surface area contributed by atoms with Crippen molar-refractivity contribution in [1.29, 1.82) is 0 Å². The van der Waals surface area contributed by atoms with Gasteiger partial charge in [0.1, 0.15) is 11.9 Å². The molecule has 19 heteroatoms. The predicted octanol–water partition coefficient (Wildman–Crippen LogP) is 6.78. The van der Waals surface area contributed by atoms with Crippen LogP contribution < -0.4 is 26.6 Å². The Kier molecular flexibility index (Phi) is 15.4. The molecule has 1 fully saturated rings. The van der Waals surface area contributed by atoms with Gasteiger partial charge in [0.05, 0.1) is 28.2 Å². The van der Waals surface area contributed by atoms with Gasteiger partial charge in [-0.15, -0.1) is 5.10 Å². The summed E-state index contributed by atoms with van der Waals surface area (Å²) in [5.74, 6) is -2.80. The number of nitrogens with one attached hydrogen (secondary N) is 5. The van der Waals surface area contributed by atoms with Crippen molar-refractivity contribution in [2.24, 2.45) is 0 Å². The van der Waals surface area contributed by atoms with Crippen molar-refractivity contribution < 1.29 is 33.2 Å². The molecule has 5 heterocycles. The van der Waals surface area contributed by atoms with E-state index in [9.17, 15) is 33.2 Å². The number of anilines is 3. The van der Waals surface area contributed by atoms with E-state index in [1.807, 2.05) is 26.1 Å². The molecule has 1 atom stereocenters. The van der Waals surface area contributed by atoms with Crippen LogP contribution in [0.5, 0.6) is 0 Å². The van der Waals surface area contributed by atoms with Gasteiger partial charge in [0, 0.05) is 61.5 Å². The van der Waals surface area contributed by atoms with Crippen LogP contribution in [-0.2, 0) is 27.3 Å². The Bertz CT molecular complexity index is 2650. The smallest absolute Gasteiger partial charge is 0.319 e. The normalized spacial score (nSPS) is 14.7. The number of carbonyl (C=O) groups excluding carboxylic acids is 6. The molecule has 7 rings (SSSR count). The summed E-state index contributed by atoms with van der Waals surface area (Å²) in [5.41, 5.74) is 4.82. The molecule has 0 bridgehead atoms. The van der Waals surface area contributed by atoms with E-state index in [0.717, 1.165) is 84.9 Å². The van der Waals surface area contributed by atoms with Crippen molar-refractivity contribution in [2.75, 3.05) is 29.0 Å². The van der Waals surface area contributed by atoms with Gasteiger partial charge in [0.25, 0.3) is 11.8 Å². The molecule has 1 unspecified atom stereocenters. The number of carbonyl (C=O) groups is 6. The number of piperidine rings is 1. The minimum absolute atomic E-state index is 0.0189. The standard InChI is InChI=1S/C47H55FN12O6/c1-4-5-6-10-21-50-47(66)54-37-25-33(28(2)23-35(37)48)34-24-30-26-51-46(56-42(30)52-29(34)3)49-20-11-9-14-31-27-59(58-57-31)22-12-7-8-17-39(61)53-36-16-13-15-32-41(36)45(65)60(44(32)64)38-18-19-40(62)55-43(38)63/h13,15-16,23-27,38H,4-12,14,17-22H2,1-3H3,(H,53,61)(H2,50,54,66)(H,55,62,63)(H,49,51,52,56). The van der Waals surface area contributed by atoms with Crippen LogP contribution in [0.25, 0.3) is 22.2 Å². The number of halogens is 1. The van der Waals surface area contributed by atoms with E-state index in [0.29, 0.717) is 48.9 Å². The second-order valence-electron chi connectivity index (χ2n) is 16.7. The Morgan fingerprint density at radius 1 is 0.864 bits per heavy atom. The van der Waals surface area contributed by atoms with E-state index in [-0.39, 0.29) is 47.7 Å². The van der Waals surface area contributed by atoms with E-state index in [1.54, 1.807) is 29.1 Å². The molecule has 346 valence electrons. The Morgan fingerprint density at radius 3 is 2.50 bits per heavy atom. The third-order valence-corrected chi connectivity index (χ3v) is 11.7. The third kappa shape index (κ3) is 11.4. The quantitative estimate of drug-likeness (QED) is 0.0379. The molecule has 2 aromatic carbocycles. The van der Waals surface area contributed by atoms with Gasteiger partial charge in [0.15, 0.2) is 5.65 Å². The number of urea groups is 1. The van der Waals surface area contributed by atoms with E-state index in [4.69, 9.17) is 4.98 Å². The number of rotatable bonds is 21. The lowest BCUT2D eigenvalue weighted by atomic mass is 9.97. The third-order valence-electron chi connectivity index (χ3n) is 11.7. The van der Waals surface area contributed by atoms with Gasteiger partial charge in [-0.05, 0) is 100 Å². The molecule has 5 aromatic rings. The summed E-state index contributed by atoms with van der Waals surface area (Å²) in [6.07, 6.45) is 12.6. The molecule has 0 radical (unpaired) electrons. The SMILES string of the molecule is CCCCCCNC(=O)Nc1cc(-c2cc3cnc(NCCCCc4cn(CCCCCC(=O)Nc5cccc6c5C(=O)N(C5CCC(=O)NC5=O)C6=O)nn4)nc3nc2C)c(C)cc1F. The minimum Gasteiger partial charge on any atom is -0.354 e.